The van der Waals surface area contributed by atoms with Crippen LogP contribution in [0.15, 0.2) is 103 Å². The highest BCUT2D eigenvalue weighted by molar-refractivity contribution is 6.30. The van der Waals surface area contributed by atoms with Crippen LogP contribution in [0.1, 0.15) is 0 Å². The van der Waals surface area contributed by atoms with Gasteiger partial charge in [-0.2, -0.15) is 0 Å². The lowest BCUT2D eigenvalue weighted by atomic mass is 10.1. The van der Waals surface area contributed by atoms with Crippen LogP contribution in [0.2, 0.25) is 5.02 Å². The van der Waals surface area contributed by atoms with E-state index in [9.17, 15) is 0 Å². The van der Waals surface area contributed by atoms with Crippen molar-refractivity contribution in [2.45, 2.75) is 0 Å². The van der Waals surface area contributed by atoms with E-state index in [1.54, 1.807) is 12.4 Å². The molecule has 0 unspecified atom stereocenters. The standard InChI is InChI=1S/C12H9Cl.C10H8N2/c13-12-8-4-7-11(9-12)10-5-2-1-3-6-10;1-2-5-9(6-3-1)10-11-7-4-8-12-10/h1-9H;1-8H. The molecule has 0 atom stereocenters. The molecule has 2 nitrogen and oxygen atoms in total. The van der Waals surface area contributed by atoms with Crippen LogP contribution in [0.3, 0.4) is 0 Å². The Morgan fingerprint density at radius 2 is 1.08 bits per heavy atom. The molecular formula is C22H17ClN2. The molecule has 0 fully saturated rings. The van der Waals surface area contributed by atoms with Crippen LogP contribution in [0.4, 0.5) is 0 Å². The molecule has 25 heavy (non-hydrogen) atoms. The van der Waals surface area contributed by atoms with E-state index in [2.05, 4.69) is 28.2 Å². The normalized spacial score (nSPS) is 9.80. The molecule has 0 spiro atoms. The summed E-state index contributed by atoms with van der Waals surface area (Å²) in [6.07, 6.45) is 3.49. The molecule has 4 rings (SSSR count). The molecular weight excluding hydrogens is 328 g/mol. The van der Waals surface area contributed by atoms with Gasteiger partial charge in [-0.3, -0.25) is 0 Å². The fourth-order valence-corrected chi connectivity index (χ4v) is 2.52. The highest BCUT2D eigenvalue weighted by Gasteiger charge is 1.96. The Morgan fingerprint density at radius 3 is 1.68 bits per heavy atom. The minimum atomic E-state index is 0.776. The molecule has 1 heterocycles. The molecule has 0 saturated carbocycles. The third-order valence-corrected chi connectivity index (χ3v) is 3.76. The Balaban J connectivity index is 0.000000146. The van der Waals surface area contributed by atoms with Crippen molar-refractivity contribution in [2.24, 2.45) is 0 Å². The average molecular weight is 345 g/mol. The lowest BCUT2D eigenvalue weighted by Crippen LogP contribution is -1.84. The van der Waals surface area contributed by atoms with Crippen molar-refractivity contribution < 1.29 is 0 Å². The second-order valence-electron chi connectivity index (χ2n) is 5.31. The van der Waals surface area contributed by atoms with Crippen LogP contribution in [-0.4, -0.2) is 9.97 Å². The number of hydrogen-bond donors (Lipinski definition) is 0. The highest BCUT2D eigenvalue weighted by Crippen LogP contribution is 2.21. The van der Waals surface area contributed by atoms with Gasteiger partial charge in [-0.15, -0.1) is 0 Å². The fourth-order valence-electron chi connectivity index (χ4n) is 2.33. The third kappa shape index (κ3) is 5.00. The number of rotatable bonds is 2. The first-order valence-corrected chi connectivity index (χ1v) is 8.34. The Hall–Kier alpha value is -2.97. The second kappa shape index (κ2) is 8.76. The van der Waals surface area contributed by atoms with Crippen molar-refractivity contribution in [3.63, 3.8) is 0 Å². The van der Waals surface area contributed by atoms with Gasteiger partial charge in [-0.25, -0.2) is 9.97 Å². The van der Waals surface area contributed by atoms with E-state index >= 15 is 0 Å². The van der Waals surface area contributed by atoms with Crippen molar-refractivity contribution in [1.29, 1.82) is 0 Å². The summed E-state index contributed by atoms with van der Waals surface area (Å²) in [6, 6.07) is 29.8. The van der Waals surface area contributed by atoms with Gasteiger partial charge in [0.2, 0.25) is 0 Å². The largest absolute Gasteiger partial charge is 0.237 e. The van der Waals surface area contributed by atoms with E-state index in [4.69, 9.17) is 11.6 Å². The van der Waals surface area contributed by atoms with Crippen molar-refractivity contribution in [3.05, 3.63) is 108 Å². The molecule has 3 aromatic carbocycles. The van der Waals surface area contributed by atoms with E-state index in [0.717, 1.165) is 22.0 Å². The number of benzene rings is 3. The van der Waals surface area contributed by atoms with E-state index in [0.29, 0.717) is 0 Å². The molecule has 0 aliphatic carbocycles. The highest BCUT2D eigenvalue weighted by atomic mass is 35.5. The van der Waals surface area contributed by atoms with Gasteiger partial charge in [0.05, 0.1) is 0 Å². The smallest absolute Gasteiger partial charge is 0.159 e. The van der Waals surface area contributed by atoms with Crippen LogP contribution in [0.25, 0.3) is 22.5 Å². The van der Waals surface area contributed by atoms with Gasteiger partial charge in [-0.05, 0) is 29.3 Å². The predicted octanol–water partition coefficient (Wildman–Crippen LogP) is 6.15. The SMILES string of the molecule is Clc1cccc(-c2ccccc2)c1.c1ccc(-c2ncccn2)cc1. The molecule has 122 valence electrons. The van der Waals surface area contributed by atoms with Crippen LogP contribution in [0.5, 0.6) is 0 Å². The number of hydrogen-bond acceptors (Lipinski definition) is 2. The molecule has 0 radical (unpaired) electrons. The molecule has 1 aromatic heterocycles. The molecule has 4 aromatic rings. The molecule has 0 amide bonds. The molecule has 0 aliphatic rings. The van der Waals surface area contributed by atoms with Crippen LogP contribution < -0.4 is 0 Å². The Kier molecular flexibility index (Phi) is 5.91. The first kappa shape index (κ1) is 16.9. The summed E-state index contributed by atoms with van der Waals surface area (Å²) < 4.78 is 0. The zero-order chi connectivity index (χ0) is 17.3. The molecule has 0 saturated heterocycles. The zero-order valence-corrected chi connectivity index (χ0v) is 14.3. The van der Waals surface area contributed by atoms with Crippen molar-refractivity contribution in [2.75, 3.05) is 0 Å². The van der Waals surface area contributed by atoms with E-state index in [-0.39, 0.29) is 0 Å². The van der Waals surface area contributed by atoms with Gasteiger partial charge < -0.3 is 0 Å². The maximum absolute atomic E-state index is 5.89. The summed E-state index contributed by atoms with van der Waals surface area (Å²) in [6.45, 7) is 0. The van der Waals surface area contributed by atoms with Gasteiger partial charge in [0.1, 0.15) is 0 Å². The van der Waals surface area contributed by atoms with Crippen LogP contribution in [-0.2, 0) is 0 Å². The summed E-state index contributed by atoms with van der Waals surface area (Å²) >= 11 is 5.89. The molecule has 0 bridgehead atoms. The Morgan fingerprint density at radius 1 is 0.520 bits per heavy atom. The summed E-state index contributed by atoms with van der Waals surface area (Å²) in [5, 5.41) is 0.779. The van der Waals surface area contributed by atoms with Gasteiger partial charge in [0.15, 0.2) is 5.82 Å². The van der Waals surface area contributed by atoms with E-state index < -0.39 is 0 Å². The maximum Gasteiger partial charge on any atom is 0.159 e. The average Bonchev–Trinajstić information content (AvgIpc) is 2.71. The summed E-state index contributed by atoms with van der Waals surface area (Å²) in [7, 11) is 0. The van der Waals surface area contributed by atoms with Gasteiger partial charge in [-0.1, -0.05) is 84.4 Å². The van der Waals surface area contributed by atoms with Gasteiger partial charge in [0, 0.05) is 23.0 Å². The first-order valence-electron chi connectivity index (χ1n) is 7.96. The minimum Gasteiger partial charge on any atom is -0.237 e. The Labute approximate surface area is 152 Å². The second-order valence-corrected chi connectivity index (χ2v) is 5.75. The zero-order valence-electron chi connectivity index (χ0n) is 13.6. The van der Waals surface area contributed by atoms with Gasteiger partial charge in [0.25, 0.3) is 0 Å². The lowest BCUT2D eigenvalue weighted by Gasteiger charge is -2.00. The van der Waals surface area contributed by atoms with E-state index in [1.165, 1.54) is 5.56 Å². The number of aromatic nitrogens is 2. The predicted molar refractivity (Wildman–Crippen MR) is 104 cm³/mol. The topological polar surface area (TPSA) is 25.8 Å². The lowest BCUT2D eigenvalue weighted by molar-refractivity contribution is 1.18. The summed E-state index contributed by atoms with van der Waals surface area (Å²) in [5.41, 5.74) is 3.41. The Bertz CT molecular complexity index is 857. The summed E-state index contributed by atoms with van der Waals surface area (Å²) in [5.74, 6) is 0.776. The molecule has 3 heteroatoms. The third-order valence-electron chi connectivity index (χ3n) is 3.53. The van der Waals surface area contributed by atoms with Crippen molar-refractivity contribution >= 4 is 11.6 Å². The number of nitrogens with zero attached hydrogens (tertiary/aromatic N) is 2. The minimum absolute atomic E-state index is 0.776. The number of halogens is 1. The fraction of sp³-hybridized carbons (Fsp3) is 0. The van der Waals surface area contributed by atoms with Crippen LogP contribution >= 0.6 is 11.6 Å². The molecule has 0 N–H and O–H groups in total. The summed E-state index contributed by atoms with van der Waals surface area (Å²) in [4.78, 5) is 8.28. The van der Waals surface area contributed by atoms with Crippen LogP contribution in [0, 0.1) is 0 Å². The van der Waals surface area contributed by atoms with Crippen molar-refractivity contribution in [1.82, 2.24) is 9.97 Å². The first-order chi connectivity index (χ1) is 12.3. The monoisotopic (exact) mass is 344 g/mol. The van der Waals surface area contributed by atoms with Gasteiger partial charge >= 0.3 is 0 Å². The quantitative estimate of drug-likeness (QED) is 0.435. The maximum atomic E-state index is 5.89. The van der Waals surface area contributed by atoms with E-state index in [1.807, 2.05) is 72.8 Å². The van der Waals surface area contributed by atoms with Crippen molar-refractivity contribution in [3.8, 4) is 22.5 Å². The molecule has 0 aliphatic heterocycles.